The molecule has 4 rings (SSSR count). The number of esters is 1. The molecule has 1 aliphatic rings. The van der Waals surface area contributed by atoms with Crippen molar-refractivity contribution in [1.82, 2.24) is 0 Å². The number of carbonyl (C=O) groups excluding carboxylic acids is 4. The van der Waals surface area contributed by atoms with Crippen LogP contribution in [-0.2, 0) is 9.53 Å². The summed E-state index contributed by atoms with van der Waals surface area (Å²) in [5, 5.41) is 13.9. The van der Waals surface area contributed by atoms with Gasteiger partial charge in [0, 0.05) is 22.3 Å². The second-order valence-electron chi connectivity index (χ2n) is 7.57. The van der Waals surface area contributed by atoms with Gasteiger partial charge in [0.2, 0.25) is 0 Å². The number of rotatable bonds is 6. The Kier molecular flexibility index (Phi) is 6.30. The Morgan fingerprint density at radius 1 is 1.00 bits per heavy atom. The Morgan fingerprint density at radius 3 is 2.37 bits per heavy atom. The molecule has 11 heteroatoms. The van der Waals surface area contributed by atoms with Crippen molar-refractivity contribution in [2.75, 3.05) is 16.8 Å². The van der Waals surface area contributed by atoms with E-state index < -0.39 is 35.2 Å². The number of fused-ring (bicyclic) bond motifs is 1. The first-order valence-electron chi connectivity index (χ1n) is 10.2. The lowest BCUT2D eigenvalue weighted by molar-refractivity contribution is -0.385. The molecule has 3 aromatic rings. The van der Waals surface area contributed by atoms with E-state index in [2.05, 4.69) is 5.32 Å². The standard InChI is InChI=1S/C24H16ClN3O7/c1-13-2-6-16(11-20(13)28(33)34)26-21(29)12-35-24(32)14-3-9-18-19(10-14)23(31)27(22(18)30)17-7-4-15(25)5-8-17/h2-11H,12H2,1H3,(H,26,29). The molecule has 0 spiro atoms. The molecule has 0 fully saturated rings. The van der Waals surface area contributed by atoms with Crippen molar-refractivity contribution in [1.29, 1.82) is 0 Å². The third-order valence-electron chi connectivity index (χ3n) is 5.23. The van der Waals surface area contributed by atoms with Gasteiger partial charge in [-0.2, -0.15) is 0 Å². The molecule has 0 unspecified atom stereocenters. The predicted molar refractivity (Wildman–Crippen MR) is 126 cm³/mol. The van der Waals surface area contributed by atoms with Crippen LogP contribution in [0.2, 0.25) is 5.02 Å². The number of nitrogens with one attached hydrogen (secondary N) is 1. The van der Waals surface area contributed by atoms with Crippen molar-refractivity contribution in [3.05, 3.63) is 98.1 Å². The summed E-state index contributed by atoms with van der Waals surface area (Å²) >= 11 is 5.86. The van der Waals surface area contributed by atoms with Crippen LogP contribution in [0.4, 0.5) is 17.1 Å². The number of benzene rings is 3. The third kappa shape index (κ3) is 4.73. The molecular weight excluding hydrogens is 478 g/mol. The Hall–Kier alpha value is -4.57. The van der Waals surface area contributed by atoms with Crippen molar-refractivity contribution >= 4 is 52.4 Å². The average Bonchev–Trinajstić information content (AvgIpc) is 3.08. The molecule has 3 aromatic carbocycles. The van der Waals surface area contributed by atoms with Crippen molar-refractivity contribution in [3.63, 3.8) is 0 Å². The van der Waals surface area contributed by atoms with Gasteiger partial charge in [0.15, 0.2) is 6.61 Å². The zero-order chi connectivity index (χ0) is 25.3. The number of nitro groups is 1. The van der Waals surface area contributed by atoms with Crippen LogP contribution in [-0.4, -0.2) is 35.2 Å². The lowest BCUT2D eigenvalue weighted by Gasteiger charge is -2.13. The first-order valence-corrected chi connectivity index (χ1v) is 10.5. The fourth-order valence-corrected chi connectivity index (χ4v) is 3.61. The smallest absolute Gasteiger partial charge is 0.338 e. The maximum absolute atomic E-state index is 12.8. The lowest BCUT2D eigenvalue weighted by Crippen LogP contribution is -2.29. The summed E-state index contributed by atoms with van der Waals surface area (Å²) in [5.74, 6) is -2.75. The summed E-state index contributed by atoms with van der Waals surface area (Å²) in [6.45, 7) is 0.899. The number of aryl methyl sites for hydroxylation is 1. The van der Waals surface area contributed by atoms with Crippen LogP contribution in [0.3, 0.4) is 0 Å². The van der Waals surface area contributed by atoms with Crippen molar-refractivity contribution < 1.29 is 28.8 Å². The average molecular weight is 494 g/mol. The van der Waals surface area contributed by atoms with Crippen molar-refractivity contribution in [3.8, 4) is 0 Å². The van der Waals surface area contributed by atoms with Crippen LogP contribution in [0.15, 0.2) is 60.7 Å². The molecule has 1 N–H and O–H groups in total. The summed E-state index contributed by atoms with van der Waals surface area (Å²) in [4.78, 5) is 61.6. The van der Waals surface area contributed by atoms with E-state index in [1.165, 1.54) is 48.5 Å². The molecule has 0 saturated heterocycles. The first kappa shape index (κ1) is 23.6. The molecule has 0 atom stereocenters. The minimum Gasteiger partial charge on any atom is -0.452 e. The molecule has 0 bridgehead atoms. The first-order chi connectivity index (χ1) is 16.7. The van der Waals surface area contributed by atoms with Crippen LogP contribution < -0.4 is 10.2 Å². The number of halogens is 1. The van der Waals surface area contributed by atoms with Gasteiger partial charge in [0.05, 0.1) is 27.3 Å². The van der Waals surface area contributed by atoms with Gasteiger partial charge in [-0.1, -0.05) is 17.7 Å². The fourth-order valence-electron chi connectivity index (χ4n) is 3.49. The normalized spacial score (nSPS) is 12.3. The van der Waals surface area contributed by atoms with E-state index in [9.17, 15) is 29.3 Å². The molecule has 35 heavy (non-hydrogen) atoms. The van der Waals surface area contributed by atoms with E-state index in [1.807, 2.05) is 0 Å². The van der Waals surface area contributed by atoms with E-state index in [0.29, 0.717) is 16.3 Å². The van der Waals surface area contributed by atoms with Crippen LogP contribution >= 0.6 is 11.6 Å². The van der Waals surface area contributed by atoms with Crippen molar-refractivity contribution in [2.24, 2.45) is 0 Å². The Bertz CT molecular complexity index is 1400. The number of carbonyl (C=O) groups is 4. The Balaban J connectivity index is 1.43. The van der Waals surface area contributed by atoms with Gasteiger partial charge in [-0.3, -0.25) is 24.5 Å². The molecule has 3 amide bonds. The maximum Gasteiger partial charge on any atom is 0.338 e. The zero-order valence-electron chi connectivity index (χ0n) is 18.1. The Morgan fingerprint density at radius 2 is 1.69 bits per heavy atom. The molecule has 176 valence electrons. The van der Waals surface area contributed by atoms with Gasteiger partial charge in [0.25, 0.3) is 23.4 Å². The summed E-state index contributed by atoms with van der Waals surface area (Å²) in [7, 11) is 0. The number of hydrogen-bond acceptors (Lipinski definition) is 7. The van der Waals surface area contributed by atoms with Crippen molar-refractivity contribution in [2.45, 2.75) is 6.92 Å². The van der Waals surface area contributed by atoms with Crippen LogP contribution in [0.25, 0.3) is 0 Å². The van der Waals surface area contributed by atoms with Gasteiger partial charge >= 0.3 is 5.97 Å². The second-order valence-corrected chi connectivity index (χ2v) is 8.00. The number of nitro benzene ring substituents is 1. The highest BCUT2D eigenvalue weighted by Gasteiger charge is 2.37. The van der Waals surface area contributed by atoms with E-state index in [-0.39, 0.29) is 28.1 Å². The number of imide groups is 1. The molecule has 0 aromatic heterocycles. The van der Waals surface area contributed by atoms with E-state index in [1.54, 1.807) is 19.1 Å². The number of ether oxygens (including phenoxy) is 1. The monoisotopic (exact) mass is 493 g/mol. The zero-order valence-corrected chi connectivity index (χ0v) is 18.9. The number of amides is 3. The van der Waals surface area contributed by atoms with Crippen LogP contribution in [0, 0.1) is 17.0 Å². The molecule has 0 saturated carbocycles. The molecule has 0 aliphatic carbocycles. The summed E-state index contributed by atoms with van der Waals surface area (Å²) in [6.07, 6.45) is 0. The minimum atomic E-state index is -0.886. The van der Waals surface area contributed by atoms with Gasteiger partial charge in [-0.15, -0.1) is 0 Å². The van der Waals surface area contributed by atoms with Gasteiger partial charge < -0.3 is 10.1 Å². The molecule has 10 nitrogen and oxygen atoms in total. The predicted octanol–water partition coefficient (Wildman–Crippen LogP) is 4.15. The summed E-state index contributed by atoms with van der Waals surface area (Å²) in [5.41, 5.74) is 0.895. The highest BCUT2D eigenvalue weighted by atomic mass is 35.5. The number of anilines is 2. The van der Waals surface area contributed by atoms with Crippen LogP contribution in [0.5, 0.6) is 0 Å². The molecule has 0 radical (unpaired) electrons. The minimum absolute atomic E-state index is 0.0239. The quantitative estimate of drug-likeness (QED) is 0.236. The Labute approximate surface area is 203 Å². The highest BCUT2D eigenvalue weighted by molar-refractivity contribution is 6.35. The van der Waals surface area contributed by atoms with Gasteiger partial charge in [-0.05, 0) is 55.5 Å². The van der Waals surface area contributed by atoms with Crippen LogP contribution in [0.1, 0.15) is 36.6 Å². The maximum atomic E-state index is 12.8. The molecular formula is C24H16ClN3O7. The lowest BCUT2D eigenvalue weighted by atomic mass is 10.1. The summed E-state index contributed by atoms with van der Waals surface area (Å²) in [6, 6.07) is 14.2. The third-order valence-corrected chi connectivity index (χ3v) is 5.48. The van der Waals surface area contributed by atoms with E-state index in [0.717, 1.165) is 4.90 Å². The van der Waals surface area contributed by atoms with Gasteiger partial charge in [0.1, 0.15) is 0 Å². The van der Waals surface area contributed by atoms with Gasteiger partial charge in [-0.25, -0.2) is 9.69 Å². The second kappa shape index (κ2) is 9.35. The molecule has 1 heterocycles. The highest BCUT2D eigenvalue weighted by Crippen LogP contribution is 2.30. The van der Waals surface area contributed by atoms with E-state index in [4.69, 9.17) is 16.3 Å². The topological polar surface area (TPSA) is 136 Å². The van der Waals surface area contributed by atoms with E-state index >= 15 is 0 Å². The summed E-state index contributed by atoms with van der Waals surface area (Å²) < 4.78 is 5.00. The fraction of sp³-hybridized carbons (Fsp3) is 0.0833. The largest absolute Gasteiger partial charge is 0.452 e. The SMILES string of the molecule is Cc1ccc(NC(=O)COC(=O)c2ccc3c(c2)C(=O)N(c2ccc(Cl)cc2)C3=O)cc1[N+](=O)[O-]. The number of nitrogens with zero attached hydrogens (tertiary/aromatic N) is 2. The molecule has 1 aliphatic heterocycles. The number of hydrogen-bond donors (Lipinski definition) is 1.